The van der Waals surface area contributed by atoms with Crippen LogP contribution in [0.4, 0.5) is 4.39 Å². The van der Waals surface area contributed by atoms with E-state index in [1.807, 2.05) is 24.6 Å². The van der Waals surface area contributed by atoms with Crippen molar-refractivity contribution in [2.45, 2.75) is 52.4 Å². The summed E-state index contributed by atoms with van der Waals surface area (Å²) >= 11 is 5.86. The SMILES string of the molecule is CC.COC(=O)c1ccc2nc(CN3CCC(n4nccc4OCc4ccc(Cl)cc4F)CC3)n(Cc3cnco3)c2c1. The van der Waals surface area contributed by atoms with Crippen LogP contribution >= 0.6 is 11.6 Å². The predicted molar refractivity (Wildman–Crippen MR) is 160 cm³/mol. The summed E-state index contributed by atoms with van der Waals surface area (Å²) in [5, 5.41) is 4.85. The average molecular weight is 609 g/mol. The monoisotopic (exact) mass is 608 g/mol. The Hall–Kier alpha value is -4.22. The molecule has 0 atom stereocenters. The van der Waals surface area contributed by atoms with Gasteiger partial charge in [0.15, 0.2) is 6.39 Å². The zero-order valence-corrected chi connectivity index (χ0v) is 25.1. The van der Waals surface area contributed by atoms with Crippen molar-refractivity contribution in [1.82, 2.24) is 29.2 Å². The van der Waals surface area contributed by atoms with E-state index >= 15 is 0 Å². The van der Waals surface area contributed by atoms with Crippen LogP contribution in [-0.4, -0.2) is 55.4 Å². The van der Waals surface area contributed by atoms with Crippen LogP contribution in [0.3, 0.4) is 0 Å². The number of carbonyl (C=O) groups is 1. The Morgan fingerprint density at radius 3 is 2.65 bits per heavy atom. The number of hydrogen-bond donors (Lipinski definition) is 0. The second-order valence-electron chi connectivity index (χ2n) is 9.92. The van der Waals surface area contributed by atoms with Gasteiger partial charge in [-0.25, -0.2) is 23.8 Å². The Morgan fingerprint density at radius 1 is 1.12 bits per heavy atom. The van der Waals surface area contributed by atoms with E-state index in [2.05, 4.69) is 19.5 Å². The van der Waals surface area contributed by atoms with Crippen LogP contribution in [-0.2, 0) is 24.4 Å². The molecule has 1 aliphatic heterocycles. The van der Waals surface area contributed by atoms with Crippen LogP contribution in [0, 0.1) is 5.82 Å². The van der Waals surface area contributed by atoms with E-state index in [0.29, 0.717) is 40.9 Å². The molecule has 6 rings (SSSR count). The molecule has 3 aromatic heterocycles. The molecule has 0 aliphatic carbocycles. The third-order valence-corrected chi connectivity index (χ3v) is 7.57. The van der Waals surface area contributed by atoms with Gasteiger partial charge in [-0.15, -0.1) is 0 Å². The number of oxazole rings is 1. The lowest BCUT2D eigenvalue weighted by Gasteiger charge is -2.32. The quantitative estimate of drug-likeness (QED) is 0.180. The maximum atomic E-state index is 14.2. The predicted octanol–water partition coefficient (Wildman–Crippen LogP) is 6.29. The van der Waals surface area contributed by atoms with Gasteiger partial charge in [0.25, 0.3) is 0 Å². The van der Waals surface area contributed by atoms with E-state index in [4.69, 9.17) is 30.5 Å². The number of methoxy groups -OCH3 is 1. The lowest BCUT2D eigenvalue weighted by molar-refractivity contribution is 0.0601. The highest BCUT2D eigenvalue weighted by molar-refractivity contribution is 6.30. The van der Waals surface area contributed by atoms with E-state index in [9.17, 15) is 9.18 Å². The Labute approximate surface area is 254 Å². The number of aromatic nitrogens is 5. The molecule has 0 N–H and O–H groups in total. The highest BCUT2D eigenvalue weighted by atomic mass is 35.5. The van der Waals surface area contributed by atoms with Gasteiger partial charge in [-0.3, -0.25) is 4.90 Å². The van der Waals surface area contributed by atoms with Crippen LogP contribution in [0.2, 0.25) is 5.02 Å². The van der Waals surface area contributed by atoms with E-state index in [0.717, 1.165) is 42.8 Å². The minimum absolute atomic E-state index is 0.0899. The first-order valence-corrected chi connectivity index (χ1v) is 14.6. The molecule has 0 radical (unpaired) electrons. The molecule has 0 bridgehead atoms. The summed E-state index contributed by atoms with van der Waals surface area (Å²) < 4.78 is 34.5. The Morgan fingerprint density at radius 2 is 1.93 bits per heavy atom. The number of ether oxygens (including phenoxy) is 2. The molecule has 12 heteroatoms. The second kappa shape index (κ2) is 13.8. The highest BCUT2D eigenvalue weighted by Gasteiger charge is 2.25. The third kappa shape index (κ3) is 6.89. The van der Waals surface area contributed by atoms with Crippen LogP contribution in [0.1, 0.15) is 60.2 Å². The summed E-state index contributed by atoms with van der Waals surface area (Å²) in [7, 11) is 1.37. The Balaban J connectivity index is 0.00000180. The fourth-order valence-electron chi connectivity index (χ4n) is 5.19. The van der Waals surface area contributed by atoms with E-state index < -0.39 is 11.8 Å². The van der Waals surface area contributed by atoms with Gasteiger partial charge in [-0.2, -0.15) is 5.10 Å². The lowest BCUT2D eigenvalue weighted by Crippen LogP contribution is -2.35. The van der Waals surface area contributed by atoms with Crippen molar-refractivity contribution in [1.29, 1.82) is 0 Å². The number of hydrogen-bond acceptors (Lipinski definition) is 8. The van der Waals surface area contributed by atoms with Gasteiger partial charge in [0.1, 0.15) is 24.0 Å². The fraction of sp³-hybridized carbons (Fsp3) is 0.355. The Bertz CT molecular complexity index is 1660. The third-order valence-electron chi connectivity index (χ3n) is 7.34. The minimum Gasteiger partial charge on any atom is -0.473 e. The smallest absolute Gasteiger partial charge is 0.337 e. The van der Waals surface area contributed by atoms with Crippen molar-refractivity contribution >= 4 is 28.6 Å². The van der Waals surface area contributed by atoms with Crippen LogP contribution in [0.15, 0.2) is 65.7 Å². The number of benzene rings is 2. The molecule has 0 saturated carbocycles. The number of fused-ring (bicyclic) bond motifs is 1. The molecule has 43 heavy (non-hydrogen) atoms. The molecular weight excluding hydrogens is 575 g/mol. The molecule has 0 unspecified atom stereocenters. The van der Waals surface area contributed by atoms with Crippen molar-refractivity contribution < 1.29 is 23.1 Å². The first-order valence-electron chi connectivity index (χ1n) is 14.3. The molecule has 10 nitrogen and oxygen atoms in total. The fourth-order valence-corrected chi connectivity index (χ4v) is 5.35. The number of likely N-dealkylation sites (tertiary alicyclic amines) is 1. The summed E-state index contributed by atoms with van der Waals surface area (Å²) in [5.74, 6) is 1.37. The maximum Gasteiger partial charge on any atom is 0.337 e. The van der Waals surface area contributed by atoms with Gasteiger partial charge in [-0.05, 0) is 43.2 Å². The molecule has 0 spiro atoms. The molecule has 0 amide bonds. The normalized spacial score (nSPS) is 14.0. The topological polar surface area (TPSA) is 100 Å². The molecular formula is C31H34ClFN6O4. The van der Waals surface area contributed by atoms with Crippen LogP contribution in [0.5, 0.6) is 5.88 Å². The molecule has 1 saturated heterocycles. The average Bonchev–Trinajstić information content (AvgIpc) is 3.79. The number of esters is 1. The minimum atomic E-state index is -0.400. The zero-order valence-electron chi connectivity index (χ0n) is 24.4. The lowest BCUT2D eigenvalue weighted by atomic mass is 10.1. The second-order valence-corrected chi connectivity index (χ2v) is 10.4. The molecule has 1 fully saturated rings. The van der Waals surface area contributed by atoms with Crippen LogP contribution < -0.4 is 4.74 Å². The van der Waals surface area contributed by atoms with Crippen molar-refractivity contribution in [3.8, 4) is 5.88 Å². The summed E-state index contributed by atoms with van der Waals surface area (Å²) in [6, 6.07) is 11.9. The van der Waals surface area contributed by atoms with Gasteiger partial charge >= 0.3 is 5.97 Å². The van der Waals surface area contributed by atoms with Crippen molar-refractivity contribution in [3.63, 3.8) is 0 Å². The number of nitrogens with zero attached hydrogens (tertiary/aromatic N) is 6. The maximum absolute atomic E-state index is 14.2. The standard InChI is InChI=1S/C29H28ClFN6O4.C2H6/c1-39-29(38)19-3-5-25-26(12-19)36(15-23-14-32-18-41-23)27(34-25)16-35-10-7-22(8-11-35)37-28(6-9-33-37)40-17-20-2-4-21(30)13-24(20)31;1-2/h2-6,9,12-14,18,22H,7-8,10-11,15-17H2,1H3;1-2H3. The molecule has 2 aromatic carbocycles. The van der Waals surface area contributed by atoms with E-state index in [-0.39, 0.29) is 12.6 Å². The number of piperidine rings is 1. The van der Waals surface area contributed by atoms with Crippen LogP contribution in [0.25, 0.3) is 11.0 Å². The zero-order chi connectivity index (χ0) is 30.3. The van der Waals surface area contributed by atoms with Gasteiger partial charge in [-0.1, -0.05) is 31.5 Å². The number of halogens is 2. The molecule has 226 valence electrons. The van der Waals surface area contributed by atoms with Crippen molar-refractivity contribution in [2.75, 3.05) is 20.2 Å². The highest BCUT2D eigenvalue weighted by Crippen LogP contribution is 2.29. The van der Waals surface area contributed by atoms with Gasteiger partial charge in [0, 0.05) is 29.7 Å². The molecule has 5 aromatic rings. The molecule has 1 aliphatic rings. The summed E-state index contributed by atoms with van der Waals surface area (Å²) in [6.07, 6.45) is 6.51. The summed E-state index contributed by atoms with van der Waals surface area (Å²) in [4.78, 5) is 23.5. The van der Waals surface area contributed by atoms with E-state index in [1.165, 1.54) is 19.6 Å². The Kier molecular flexibility index (Phi) is 9.73. The number of imidazole rings is 1. The van der Waals surface area contributed by atoms with E-state index in [1.54, 1.807) is 42.7 Å². The number of carbonyl (C=O) groups excluding carboxylic acids is 1. The van der Waals surface area contributed by atoms with Gasteiger partial charge in [0.2, 0.25) is 5.88 Å². The van der Waals surface area contributed by atoms with Crippen molar-refractivity contribution in [2.24, 2.45) is 0 Å². The largest absolute Gasteiger partial charge is 0.473 e. The first-order chi connectivity index (χ1) is 21.0. The first kappa shape index (κ1) is 30.2. The number of rotatable bonds is 9. The molecule has 4 heterocycles. The van der Waals surface area contributed by atoms with Gasteiger partial charge in [0.05, 0.1) is 55.2 Å². The van der Waals surface area contributed by atoms with Gasteiger partial charge < -0.3 is 18.5 Å². The van der Waals surface area contributed by atoms with Crippen molar-refractivity contribution in [3.05, 3.63) is 94.8 Å². The summed E-state index contributed by atoms with van der Waals surface area (Å²) in [5.41, 5.74) is 2.51. The summed E-state index contributed by atoms with van der Waals surface area (Å²) in [6.45, 7) is 6.81.